The molecular formula is C17H22N2O3. The Labute approximate surface area is 130 Å². The van der Waals surface area contributed by atoms with E-state index in [0.717, 1.165) is 37.3 Å². The lowest BCUT2D eigenvalue weighted by Crippen LogP contribution is -2.47. The zero-order valence-corrected chi connectivity index (χ0v) is 12.9. The molecule has 1 amide bonds. The number of carbonyl (C=O) groups is 2. The third kappa shape index (κ3) is 3.14. The lowest BCUT2D eigenvalue weighted by molar-refractivity contribution is -0.138. The topological polar surface area (TPSA) is 60.9 Å². The maximum Gasteiger partial charge on any atom is 0.307 e. The normalized spacial score (nSPS) is 25.0. The molecule has 2 unspecified atom stereocenters. The van der Waals surface area contributed by atoms with Gasteiger partial charge in [-0.3, -0.25) is 9.59 Å². The average Bonchev–Trinajstić information content (AvgIpc) is 3.29. The van der Waals surface area contributed by atoms with E-state index in [-0.39, 0.29) is 17.7 Å². The Balaban J connectivity index is 1.68. The Morgan fingerprint density at radius 3 is 2.50 bits per heavy atom. The van der Waals surface area contributed by atoms with E-state index >= 15 is 0 Å². The van der Waals surface area contributed by atoms with Gasteiger partial charge in [-0.2, -0.15) is 0 Å². The predicted molar refractivity (Wildman–Crippen MR) is 82.7 cm³/mol. The molecule has 1 aromatic rings. The second-order valence-electron chi connectivity index (χ2n) is 6.35. The Morgan fingerprint density at radius 1 is 1.18 bits per heavy atom. The number of hydrogen-bond acceptors (Lipinski definition) is 3. The fraction of sp³-hybridized carbons (Fsp3) is 0.529. The SMILES string of the molecule is CN1CCN(C(=O)Cc2ccccc2C2CC2C(=O)O)CC1. The minimum atomic E-state index is -0.731. The summed E-state index contributed by atoms with van der Waals surface area (Å²) in [5.41, 5.74) is 2.03. The van der Waals surface area contributed by atoms with Gasteiger partial charge in [0.1, 0.15) is 0 Å². The lowest BCUT2D eigenvalue weighted by Gasteiger charge is -2.32. The number of likely N-dealkylation sites (N-methyl/N-ethyl adjacent to an activating group) is 1. The number of carboxylic acid groups (broad SMARTS) is 1. The molecule has 0 radical (unpaired) electrons. The predicted octanol–water partition coefficient (Wildman–Crippen LogP) is 1.19. The molecule has 2 fully saturated rings. The summed E-state index contributed by atoms with van der Waals surface area (Å²) in [5.74, 6) is -0.785. The van der Waals surface area contributed by atoms with Gasteiger partial charge in [-0.15, -0.1) is 0 Å². The van der Waals surface area contributed by atoms with Crippen molar-refractivity contribution in [2.45, 2.75) is 18.8 Å². The highest BCUT2D eigenvalue weighted by molar-refractivity contribution is 5.80. The van der Waals surface area contributed by atoms with Crippen molar-refractivity contribution in [1.82, 2.24) is 9.80 Å². The zero-order chi connectivity index (χ0) is 15.7. The van der Waals surface area contributed by atoms with Crippen LogP contribution in [0.4, 0.5) is 0 Å². The van der Waals surface area contributed by atoms with Gasteiger partial charge in [0.05, 0.1) is 12.3 Å². The van der Waals surface area contributed by atoms with Crippen molar-refractivity contribution in [1.29, 1.82) is 0 Å². The van der Waals surface area contributed by atoms with E-state index in [1.165, 1.54) is 0 Å². The van der Waals surface area contributed by atoms with Crippen LogP contribution in [0.5, 0.6) is 0 Å². The number of benzene rings is 1. The molecule has 0 aromatic heterocycles. The number of aliphatic carboxylic acids is 1. The quantitative estimate of drug-likeness (QED) is 0.907. The molecule has 5 heteroatoms. The van der Waals surface area contributed by atoms with Crippen molar-refractivity contribution in [2.24, 2.45) is 5.92 Å². The first-order valence-corrected chi connectivity index (χ1v) is 7.83. The van der Waals surface area contributed by atoms with Crippen molar-refractivity contribution in [3.63, 3.8) is 0 Å². The van der Waals surface area contributed by atoms with E-state index in [1.54, 1.807) is 0 Å². The number of nitrogens with zero attached hydrogens (tertiary/aromatic N) is 2. The van der Waals surface area contributed by atoms with E-state index in [2.05, 4.69) is 11.9 Å². The van der Waals surface area contributed by atoms with Crippen LogP contribution in [0.1, 0.15) is 23.5 Å². The maximum atomic E-state index is 12.5. The number of carbonyl (C=O) groups excluding carboxylic acids is 1. The molecule has 1 aliphatic carbocycles. The first-order chi connectivity index (χ1) is 10.6. The molecule has 0 bridgehead atoms. The van der Waals surface area contributed by atoms with E-state index in [4.69, 9.17) is 5.11 Å². The molecule has 1 N–H and O–H groups in total. The maximum absolute atomic E-state index is 12.5. The van der Waals surface area contributed by atoms with Gasteiger partial charge in [0.25, 0.3) is 0 Å². The van der Waals surface area contributed by atoms with Crippen LogP contribution in [0.3, 0.4) is 0 Å². The molecule has 118 valence electrons. The molecule has 2 aliphatic rings. The Morgan fingerprint density at radius 2 is 1.86 bits per heavy atom. The van der Waals surface area contributed by atoms with Gasteiger partial charge in [0.15, 0.2) is 0 Å². The molecule has 1 heterocycles. The number of piperazine rings is 1. The number of hydrogen-bond donors (Lipinski definition) is 1. The molecule has 0 spiro atoms. The third-order valence-corrected chi connectivity index (χ3v) is 4.76. The molecule has 3 rings (SSSR count). The Hall–Kier alpha value is -1.88. The first kappa shape index (κ1) is 15.0. The first-order valence-electron chi connectivity index (χ1n) is 7.83. The van der Waals surface area contributed by atoms with Crippen LogP contribution in [0, 0.1) is 5.92 Å². The number of rotatable bonds is 4. The van der Waals surface area contributed by atoms with Crippen molar-refractivity contribution < 1.29 is 14.7 Å². The Bertz CT molecular complexity index is 579. The minimum absolute atomic E-state index is 0.0778. The van der Waals surface area contributed by atoms with Crippen LogP contribution in [0.15, 0.2) is 24.3 Å². The van der Waals surface area contributed by atoms with Gasteiger partial charge in [0, 0.05) is 26.2 Å². The van der Waals surface area contributed by atoms with Gasteiger partial charge < -0.3 is 14.9 Å². The summed E-state index contributed by atoms with van der Waals surface area (Å²) in [6.45, 7) is 3.38. The number of carboxylic acids is 1. The van der Waals surface area contributed by atoms with Crippen LogP contribution < -0.4 is 0 Å². The van der Waals surface area contributed by atoms with E-state index in [9.17, 15) is 9.59 Å². The molecule has 5 nitrogen and oxygen atoms in total. The third-order valence-electron chi connectivity index (χ3n) is 4.76. The van der Waals surface area contributed by atoms with Crippen molar-refractivity contribution in [2.75, 3.05) is 33.2 Å². The fourth-order valence-corrected chi connectivity index (χ4v) is 3.20. The minimum Gasteiger partial charge on any atom is -0.481 e. The summed E-state index contributed by atoms with van der Waals surface area (Å²) in [4.78, 5) is 27.7. The highest BCUT2D eigenvalue weighted by Gasteiger charge is 2.45. The molecule has 1 saturated carbocycles. The van der Waals surface area contributed by atoms with E-state index < -0.39 is 5.97 Å². The summed E-state index contributed by atoms with van der Waals surface area (Å²) in [6, 6.07) is 7.78. The van der Waals surface area contributed by atoms with Crippen molar-refractivity contribution in [3.05, 3.63) is 35.4 Å². The summed E-state index contributed by atoms with van der Waals surface area (Å²) < 4.78 is 0. The smallest absolute Gasteiger partial charge is 0.307 e. The summed E-state index contributed by atoms with van der Waals surface area (Å²) >= 11 is 0. The second kappa shape index (κ2) is 6.08. The summed E-state index contributed by atoms with van der Waals surface area (Å²) in [7, 11) is 2.07. The average molecular weight is 302 g/mol. The molecule has 1 aromatic carbocycles. The van der Waals surface area contributed by atoms with Crippen LogP contribution in [-0.2, 0) is 16.0 Å². The summed E-state index contributed by atoms with van der Waals surface area (Å²) in [6.07, 6.45) is 1.07. The Kier molecular flexibility index (Phi) is 4.16. The van der Waals surface area contributed by atoms with Gasteiger partial charge >= 0.3 is 5.97 Å². The molecule has 1 saturated heterocycles. The molecule has 2 atom stereocenters. The van der Waals surface area contributed by atoms with Crippen LogP contribution >= 0.6 is 0 Å². The number of amides is 1. The van der Waals surface area contributed by atoms with Crippen LogP contribution in [0.2, 0.25) is 0 Å². The highest BCUT2D eigenvalue weighted by Crippen LogP contribution is 2.48. The van der Waals surface area contributed by atoms with Gasteiger partial charge in [0.2, 0.25) is 5.91 Å². The molecule has 1 aliphatic heterocycles. The van der Waals surface area contributed by atoms with Crippen LogP contribution in [0.25, 0.3) is 0 Å². The van der Waals surface area contributed by atoms with Gasteiger partial charge in [-0.05, 0) is 30.5 Å². The van der Waals surface area contributed by atoms with Gasteiger partial charge in [-0.1, -0.05) is 24.3 Å². The van der Waals surface area contributed by atoms with E-state index in [0.29, 0.717) is 12.8 Å². The largest absolute Gasteiger partial charge is 0.481 e. The lowest BCUT2D eigenvalue weighted by atomic mass is 9.99. The molecule has 22 heavy (non-hydrogen) atoms. The molecular weight excluding hydrogens is 280 g/mol. The van der Waals surface area contributed by atoms with Crippen molar-refractivity contribution in [3.8, 4) is 0 Å². The standard InChI is InChI=1S/C17H22N2O3/c1-18-6-8-19(9-7-18)16(20)10-12-4-2-3-5-13(12)14-11-15(14)17(21)22/h2-5,14-15H,6-11H2,1H3,(H,21,22). The fourth-order valence-electron chi connectivity index (χ4n) is 3.20. The summed E-state index contributed by atoms with van der Waals surface area (Å²) in [5, 5.41) is 9.11. The zero-order valence-electron chi connectivity index (χ0n) is 12.9. The second-order valence-corrected chi connectivity index (χ2v) is 6.35. The van der Waals surface area contributed by atoms with E-state index in [1.807, 2.05) is 29.2 Å². The van der Waals surface area contributed by atoms with Crippen LogP contribution in [-0.4, -0.2) is 60.0 Å². The monoisotopic (exact) mass is 302 g/mol. The van der Waals surface area contributed by atoms with Crippen molar-refractivity contribution >= 4 is 11.9 Å². The van der Waals surface area contributed by atoms with Gasteiger partial charge in [-0.25, -0.2) is 0 Å². The highest BCUT2D eigenvalue weighted by atomic mass is 16.4.